The maximum Gasteiger partial charge on any atom is 0.252 e. The molecule has 1 amide bonds. The number of amides is 1. The van der Waals surface area contributed by atoms with Crippen LogP contribution in [0.25, 0.3) is 0 Å². The molecular formula is C25H29FN8O2S. The van der Waals surface area contributed by atoms with E-state index in [-0.39, 0.29) is 29.6 Å². The first-order valence-electron chi connectivity index (χ1n) is 11.7. The van der Waals surface area contributed by atoms with E-state index < -0.39 is 11.9 Å². The Morgan fingerprint density at radius 3 is 2.81 bits per heavy atom. The molecule has 1 aliphatic carbocycles. The molecule has 3 aromatic rings. The van der Waals surface area contributed by atoms with Gasteiger partial charge in [-0.1, -0.05) is 18.2 Å². The Labute approximate surface area is 219 Å². The summed E-state index contributed by atoms with van der Waals surface area (Å²) in [5.41, 5.74) is 15.0. The van der Waals surface area contributed by atoms with Crippen molar-refractivity contribution in [1.82, 2.24) is 20.3 Å². The molecule has 0 aliphatic heterocycles. The number of aromatic nitrogens is 3. The van der Waals surface area contributed by atoms with Gasteiger partial charge in [0.25, 0.3) is 5.91 Å². The molecule has 0 spiro atoms. The molecule has 37 heavy (non-hydrogen) atoms. The number of anilines is 2. The molecule has 0 fully saturated rings. The molecular weight excluding hydrogens is 495 g/mol. The zero-order valence-corrected chi connectivity index (χ0v) is 21.0. The van der Waals surface area contributed by atoms with Gasteiger partial charge in [0, 0.05) is 36.0 Å². The largest absolute Gasteiger partial charge is 0.487 e. The summed E-state index contributed by atoms with van der Waals surface area (Å²) in [6.07, 6.45) is 6.75. The Morgan fingerprint density at radius 1 is 1.24 bits per heavy atom. The third-order valence-corrected chi connectivity index (χ3v) is 6.20. The van der Waals surface area contributed by atoms with Gasteiger partial charge in [0.15, 0.2) is 17.4 Å². The van der Waals surface area contributed by atoms with Gasteiger partial charge < -0.3 is 21.5 Å². The zero-order chi connectivity index (χ0) is 26.4. The van der Waals surface area contributed by atoms with Crippen molar-refractivity contribution in [3.8, 4) is 5.75 Å². The van der Waals surface area contributed by atoms with Gasteiger partial charge in [-0.25, -0.2) is 20.2 Å². The molecule has 1 atom stereocenters. The number of hydrogen-bond donors (Lipinski definition) is 5. The van der Waals surface area contributed by atoms with E-state index in [0.717, 1.165) is 30.5 Å². The molecule has 1 aromatic carbocycles. The minimum Gasteiger partial charge on any atom is -0.487 e. The molecule has 2 aromatic heterocycles. The smallest absolute Gasteiger partial charge is 0.252 e. The highest BCUT2D eigenvalue weighted by Crippen LogP contribution is 2.35. The summed E-state index contributed by atoms with van der Waals surface area (Å²) in [4.78, 5) is 25.0. The number of nitrogens with one attached hydrogen (secondary N) is 1. The Morgan fingerprint density at radius 2 is 2.05 bits per heavy atom. The lowest BCUT2D eigenvalue weighted by Crippen LogP contribution is -2.31. The monoisotopic (exact) mass is 524 g/mol. The summed E-state index contributed by atoms with van der Waals surface area (Å²) in [6.45, 7) is 0.627. The Balaban J connectivity index is 1.66. The lowest BCUT2D eigenvalue weighted by atomic mass is 10.1. The van der Waals surface area contributed by atoms with Crippen LogP contribution in [0.15, 0.2) is 60.2 Å². The van der Waals surface area contributed by atoms with Crippen molar-refractivity contribution in [3.05, 3.63) is 83.0 Å². The van der Waals surface area contributed by atoms with Crippen molar-refractivity contribution in [2.45, 2.75) is 31.8 Å². The maximum atomic E-state index is 14.1. The second-order valence-electron chi connectivity index (χ2n) is 8.40. The summed E-state index contributed by atoms with van der Waals surface area (Å²) in [6, 6.07) is 7.55. The topological polar surface area (TPSA) is 158 Å². The summed E-state index contributed by atoms with van der Waals surface area (Å²) in [7, 11) is 0. The molecule has 10 nitrogen and oxygen atoms in total. The molecule has 0 radical (unpaired) electrons. The normalized spacial score (nSPS) is 13.9. The molecule has 1 unspecified atom stereocenters. The van der Waals surface area contributed by atoms with Crippen molar-refractivity contribution in [3.63, 3.8) is 0 Å². The summed E-state index contributed by atoms with van der Waals surface area (Å²) in [5.74, 6) is 6.72. The van der Waals surface area contributed by atoms with Crippen LogP contribution in [0.4, 0.5) is 15.9 Å². The average molecular weight is 525 g/mol. The molecule has 194 valence electrons. The van der Waals surface area contributed by atoms with E-state index in [9.17, 15) is 9.18 Å². The number of halogens is 1. The van der Waals surface area contributed by atoms with Gasteiger partial charge in [0.2, 0.25) is 0 Å². The number of hydrogen-bond acceptors (Lipinski definition) is 10. The number of thiol groups is 1. The van der Waals surface area contributed by atoms with Crippen LogP contribution in [0.1, 0.15) is 47.1 Å². The van der Waals surface area contributed by atoms with Crippen molar-refractivity contribution < 1.29 is 13.9 Å². The molecule has 12 heteroatoms. The summed E-state index contributed by atoms with van der Waals surface area (Å²) >= 11 is 4.19. The van der Waals surface area contributed by atoms with Gasteiger partial charge in [0.05, 0.1) is 30.1 Å². The predicted octanol–water partition coefficient (Wildman–Crippen LogP) is 2.66. The van der Waals surface area contributed by atoms with E-state index in [0.29, 0.717) is 29.4 Å². The van der Waals surface area contributed by atoms with Gasteiger partial charge in [-0.3, -0.25) is 14.8 Å². The third kappa shape index (κ3) is 5.98. The minimum atomic E-state index is -0.691. The van der Waals surface area contributed by atoms with Gasteiger partial charge in [0.1, 0.15) is 5.82 Å². The van der Waals surface area contributed by atoms with Crippen LogP contribution in [0, 0.1) is 5.82 Å². The first kappa shape index (κ1) is 26.3. The lowest BCUT2D eigenvalue weighted by molar-refractivity contribution is 0.100. The maximum absolute atomic E-state index is 14.1. The van der Waals surface area contributed by atoms with Crippen LogP contribution < -0.4 is 32.4 Å². The fourth-order valence-electron chi connectivity index (χ4n) is 4.17. The van der Waals surface area contributed by atoms with E-state index in [2.05, 4.69) is 32.9 Å². The number of pyridine rings is 1. The summed E-state index contributed by atoms with van der Waals surface area (Å²) < 4.78 is 19.8. The Hall–Kier alpha value is -3.74. The van der Waals surface area contributed by atoms with Gasteiger partial charge >= 0.3 is 0 Å². The standard InChI is InChI=1S/C25H29FN8O2S/c26-18-6-2-1-4-15(18)12-31-19-7-3-5-16(19)22(27)24-32-14-21(36-10-11-37)25(33-24)34(29)20-8-9-30-13-17(20)23(28)35/h1-2,4,6,8-9,13-14,22,31,37H,3,5,7,10-12,27,29H2,(H2,28,35). The quantitative estimate of drug-likeness (QED) is 0.144. The molecule has 4 rings (SSSR count). The number of carbonyl (C=O) groups is 1. The number of rotatable bonds is 11. The number of ether oxygens (including phenoxy) is 1. The molecule has 0 saturated carbocycles. The highest BCUT2D eigenvalue weighted by molar-refractivity contribution is 7.80. The van der Waals surface area contributed by atoms with E-state index >= 15 is 0 Å². The van der Waals surface area contributed by atoms with Crippen LogP contribution in [0.5, 0.6) is 5.75 Å². The molecule has 1 aliphatic rings. The third-order valence-electron chi connectivity index (χ3n) is 6.02. The van der Waals surface area contributed by atoms with E-state index in [4.69, 9.17) is 22.0 Å². The van der Waals surface area contributed by atoms with Crippen LogP contribution in [0.2, 0.25) is 0 Å². The van der Waals surface area contributed by atoms with Crippen LogP contribution >= 0.6 is 12.6 Å². The van der Waals surface area contributed by atoms with Crippen LogP contribution in [-0.4, -0.2) is 33.2 Å². The van der Waals surface area contributed by atoms with Crippen molar-refractivity contribution in [2.24, 2.45) is 17.3 Å². The van der Waals surface area contributed by atoms with Gasteiger partial charge in [-0.15, -0.1) is 0 Å². The molecule has 7 N–H and O–H groups in total. The van der Waals surface area contributed by atoms with Crippen LogP contribution in [-0.2, 0) is 6.54 Å². The van der Waals surface area contributed by atoms with E-state index in [1.54, 1.807) is 24.3 Å². The zero-order valence-electron chi connectivity index (χ0n) is 20.1. The highest BCUT2D eigenvalue weighted by Gasteiger charge is 2.26. The van der Waals surface area contributed by atoms with Crippen LogP contribution in [0.3, 0.4) is 0 Å². The average Bonchev–Trinajstić information content (AvgIpc) is 3.39. The molecule has 0 saturated heterocycles. The fourth-order valence-corrected chi connectivity index (χ4v) is 4.26. The minimum absolute atomic E-state index is 0.118. The number of hydrazine groups is 1. The first-order chi connectivity index (χ1) is 17.9. The number of carbonyl (C=O) groups excluding carboxylic acids is 1. The first-order valence-corrected chi connectivity index (χ1v) is 12.4. The molecule has 0 bridgehead atoms. The number of nitrogens with two attached hydrogens (primary N) is 3. The highest BCUT2D eigenvalue weighted by atomic mass is 32.1. The predicted molar refractivity (Wildman–Crippen MR) is 142 cm³/mol. The molecule has 2 heterocycles. The van der Waals surface area contributed by atoms with E-state index in [1.165, 1.54) is 29.7 Å². The van der Waals surface area contributed by atoms with Crippen molar-refractivity contribution in [2.75, 3.05) is 17.4 Å². The fraction of sp³-hybridized carbons (Fsp3) is 0.280. The Kier molecular flexibility index (Phi) is 8.54. The van der Waals surface area contributed by atoms with Gasteiger partial charge in [-0.2, -0.15) is 12.6 Å². The van der Waals surface area contributed by atoms with Gasteiger partial charge in [-0.05, 0) is 37.0 Å². The lowest BCUT2D eigenvalue weighted by Gasteiger charge is -2.23. The van der Waals surface area contributed by atoms with E-state index in [1.807, 2.05) is 0 Å². The SMILES string of the molecule is NC(=O)c1cnccc1N(N)c1nc(C(N)C2=C(NCc3ccccc3F)CCC2)ncc1OCCS. The Bertz CT molecular complexity index is 1310. The van der Waals surface area contributed by atoms with Crippen molar-refractivity contribution >= 4 is 30.0 Å². The van der Waals surface area contributed by atoms with Crippen molar-refractivity contribution in [1.29, 1.82) is 0 Å². The number of nitrogens with zero attached hydrogens (tertiary/aromatic N) is 4. The second-order valence-corrected chi connectivity index (χ2v) is 8.84. The number of allylic oxidation sites excluding steroid dienone is 1. The second kappa shape index (κ2) is 12.0. The number of primary amides is 1. The summed E-state index contributed by atoms with van der Waals surface area (Å²) in [5, 5.41) is 4.54. The number of benzene rings is 1.